The molecule has 3 N–H and O–H groups in total. The monoisotopic (exact) mass is 231 g/mol. The van der Waals surface area contributed by atoms with Gasteiger partial charge in [-0.1, -0.05) is 0 Å². The van der Waals surface area contributed by atoms with Crippen molar-refractivity contribution in [2.75, 3.05) is 13.3 Å². The number of hydrogen-bond acceptors (Lipinski definition) is 4. The Bertz CT molecular complexity index is 246. The van der Waals surface area contributed by atoms with Gasteiger partial charge in [-0.25, -0.2) is 4.79 Å². The maximum atomic E-state index is 9.87. The maximum absolute atomic E-state index is 9.87. The van der Waals surface area contributed by atoms with E-state index in [1.807, 2.05) is 19.9 Å². The zero-order chi connectivity index (χ0) is 13.0. The molecule has 0 rings (SSSR count). The van der Waals surface area contributed by atoms with Crippen molar-refractivity contribution in [1.29, 1.82) is 0 Å². The van der Waals surface area contributed by atoms with Crippen molar-refractivity contribution in [3.05, 3.63) is 23.7 Å². The minimum absolute atomic E-state index is 0.254. The van der Waals surface area contributed by atoms with Gasteiger partial charge in [0, 0.05) is 0 Å². The summed E-state index contributed by atoms with van der Waals surface area (Å²) in [5.74, 6) is 0.566. The third-order valence-electron chi connectivity index (χ3n) is 1.55. The molecule has 0 aromatic rings. The second kappa shape index (κ2) is 11.6. The first kappa shape index (κ1) is 16.9. The molecule has 5 nitrogen and oxygen atoms in total. The zero-order valence-corrected chi connectivity index (χ0v) is 10.3. The smallest absolute Gasteiger partial charge is 0.341 e. The van der Waals surface area contributed by atoms with E-state index in [0.29, 0.717) is 5.76 Å². The fourth-order valence-corrected chi connectivity index (χ4v) is 0.474. The van der Waals surface area contributed by atoms with Crippen molar-refractivity contribution in [3.63, 3.8) is 0 Å². The molecular weight excluding hydrogens is 210 g/mol. The molecule has 5 heteroatoms. The van der Waals surface area contributed by atoms with E-state index in [0.717, 1.165) is 5.76 Å². The predicted molar refractivity (Wildman–Crippen MR) is 62.6 cm³/mol. The summed E-state index contributed by atoms with van der Waals surface area (Å²) in [6.45, 7) is 7.30. The fraction of sp³-hybridized carbons (Fsp3) is 0.545. The summed E-state index contributed by atoms with van der Waals surface area (Å²) in [6, 6.07) is 0. The molecule has 16 heavy (non-hydrogen) atoms. The quantitative estimate of drug-likeness (QED) is 0.557. The Labute approximate surface area is 96.5 Å². The Kier molecular flexibility index (Phi) is 12.3. The van der Waals surface area contributed by atoms with Crippen LogP contribution in [0.1, 0.15) is 27.7 Å². The molecule has 0 saturated carbocycles. The van der Waals surface area contributed by atoms with Crippen LogP contribution in [0.4, 0.5) is 0 Å². The number of hydrogen-bond donors (Lipinski definition) is 2. The largest absolute Gasteiger partial charge is 0.487 e. The Balaban J connectivity index is 0. The first-order valence-electron chi connectivity index (χ1n) is 4.91. The minimum Gasteiger partial charge on any atom is -0.487 e. The second-order valence-corrected chi connectivity index (χ2v) is 2.79. The van der Waals surface area contributed by atoms with E-state index >= 15 is 0 Å². The number of nitrogens with two attached hydrogens (primary N) is 1. The van der Waals surface area contributed by atoms with Gasteiger partial charge in [-0.2, -0.15) is 0 Å². The third-order valence-corrected chi connectivity index (χ3v) is 1.55. The van der Waals surface area contributed by atoms with E-state index in [9.17, 15) is 4.79 Å². The fourth-order valence-electron chi connectivity index (χ4n) is 0.474. The molecule has 0 aliphatic carbocycles. The van der Waals surface area contributed by atoms with E-state index in [1.165, 1.54) is 0 Å². The topological polar surface area (TPSA) is 81.8 Å². The Morgan fingerprint density at radius 2 is 1.62 bits per heavy atom. The van der Waals surface area contributed by atoms with Gasteiger partial charge in [0.15, 0.2) is 6.61 Å². The van der Waals surface area contributed by atoms with Crippen molar-refractivity contribution >= 4 is 5.97 Å². The van der Waals surface area contributed by atoms with E-state index in [4.69, 9.17) is 20.3 Å². The molecule has 0 heterocycles. The van der Waals surface area contributed by atoms with Crippen LogP contribution in [0.3, 0.4) is 0 Å². The molecule has 0 amide bonds. The molecule has 0 radical (unpaired) electrons. The predicted octanol–water partition coefficient (Wildman–Crippen LogP) is 1.85. The second-order valence-electron chi connectivity index (χ2n) is 2.79. The van der Waals surface area contributed by atoms with Crippen LogP contribution in [0.5, 0.6) is 0 Å². The lowest BCUT2D eigenvalue weighted by molar-refractivity contribution is -0.140. The number of carboxylic acids is 1. The molecule has 0 aromatic carbocycles. The summed E-state index contributed by atoms with van der Waals surface area (Å²) < 4.78 is 9.54. The van der Waals surface area contributed by atoms with E-state index in [-0.39, 0.29) is 13.3 Å². The molecule has 0 fully saturated rings. The van der Waals surface area contributed by atoms with Crippen LogP contribution in [0.2, 0.25) is 0 Å². The summed E-state index contributed by atoms with van der Waals surface area (Å²) in [5.41, 5.74) is 5.04. The van der Waals surface area contributed by atoms with Crippen molar-refractivity contribution < 1.29 is 19.4 Å². The molecule has 94 valence electrons. The molecular formula is C11H21NO4. The average Bonchev–Trinajstić information content (AvgIpc) is 2.26. The average molecular weight is 231 g/mol. The highest BCUT2D eigenvalue weighted by molar-refractivity contribution is 5.68. The first-order chi connectivity index (χ1) is 7.47. The number of rotatable bonds is 5. The summed E-state index contributed by atoms with van der Waals surface area (Å²) in [7, 11) is 0. The van der Waals surface area contributed by atoms with Crippen LogP contribution in [0, 0.1) is 0 Å². The zero-order valence-electron chi connectivity index (χ0n) is 10.3. The van der Waals surface area contributed by atoms with Crippen LogP contribution in [0.25, 0.3) is 0 Å². The van der Waals surface area contributed by atoms with Gasteiger partial charge in [0.25, 0.3) is 0 Å². The van der Waals surface area contributed by atoms with Crippen LogP contribution < -0.4 is 5.73 Å². The molecule has 0 spiro atoms. The highest BCUT2D eigenvalue weighted by atomic mass is 16.5. The number of ether oxygens (including phenoxy) is 2. The summed E-state index contributed by atoms with van der Waals surface area (Å²) >= 11 is 0. The molecule has 0 saturated heterocycles. The van der Waals surface area contributed by atoms with Crippen molar-refractivity contribution in [3.8, 4) is 0 Å². The Hall–Kier alpha value is -1.49. The standard InChI is InChI=1S/C6H10O3.C5H11NO/c1-3-5(2)9-4-6(7)8;1-3-5(2)7-4-6/h3H,4H2,1-2H3,(H,7,8);3H,4,6H2,1-2H3/b5-3+;. The van der Waals surface area contributed by atoms with E-state index < -0.39 is 5.97 Å². The highest BCUT2D eigenvalue weighted by Crippen LogP contribution is 1.92. The molecule has 0 unspecified atom stereocenters. The van der Waals surface area contributed by atoms with E-state index in [2.05, 4.69) is 0 Å². The summed E-state index contributed by atoms with van der Waals surface area (Å²) in [5, 5.41) is 8.11. The van der Waals surface area contributed by atoms with Crippen molar-refractivity contribution in [2.24, 2.45) is 5.73 Å². The SMILES string of the molecule is C/C=C(\C)OCC(=O)O.CC=C(C)OCN. The van der Waals surface area contributed by atoms with Gasteiger partial charge in [0.2, 0.25) is 0 Å². The Morgan fingerprint density at radius 1 is 1.19 bits per heavy atom. The van der Waals surface area contributed by atoms with Crippen molar-refractivity contribution in [2.45, 2.75) is 27.7 Å². The third kappa shape index (κ3) is 15.0. The highest BCUT2D eigenvalue weighted by Gasteiger charge is 1.94. The van der Waals surface area contributed by atoms with Gasteiger partial charge < -0.3 is 14.6 Å². The lowest BCUT2D eigenvalue weighted by atomic mass is 10.5. The van der Waals surface area contributed by atoms with Crippen LogP contribution >= 0.6 is 0 Å². The van der Waals surface area contributed by atoms with Gasteiger partial charge in [0.05, 0.1) is 11.5 Å². The van der Waals surface area contributed by atoms with Crippen molar-refractivity contribution in [1.82, 2.24) is 0 Å². The lowest BCUT2D eigenvalue weighted by Gasteiger charge is -1.99. The van der Waals surface area contributed by atoms with E-state index in [1.54, 1.807) is 19.9 Å². The molecule has 0 aliphatic heterocycles. The summed E-state index contributed by atoms with van der Waals surface area (Å²) in [4.78, 5) is 9.87. The number of carbonyl (C=O) groups is 1. The van der Waals surface area contributed by atoms with Crippen LogP contribution in [0.15, 0.2) is 23.7 Å². The van der Waals surface area contributed by atoms with Gasteiger partial charge >= 0.3 is 5.97 Å². The molecule has 0 atom stereocenters. The van der Waals surface area contributed by atoms with Gasteiger partial charge in [0.1, 0.15) is 6.73 Å². The van der Waals surface area contributed by atoms with Gasteiger partial charge in [-0.15, -0.1) is 0 Å². The minimum atomic E-state index is -0.948. The molecule has 0 bridgehead atoms. The first-order valence-corrected chi connectivity index (χ1v) is 4.91. The maximum Gasteiger partial charge on any atom is 0.341 e. The van der Waals surface area contributed by atoms with Crippen LogP contribution in [-0.2, 0) is 14.3 Å². The molecule has 0 aromatic heterocycles. The van der Waals surface area contributed by atoms with Gasteiger partial charge in [-0.05, 0) is 39.8 Å². The summed E-state index contributed by atoms with van der Waals surface area (Å²) in [6.07, 6.45) is 3.58. The molecule has 0 aliphatic rings. The number of aliphatic carboxylic acids is 1. The normalized spacial score (nSPS) is 11.3. The lowest BCUT2D eigenvalue weighted by Crippen LogP contribution is -2.05. The van der Waals surface area contributed by atoms with Gasteiger partial charge in [-0.3, -0.25) is 5.73 Å². The van der Waals surface area contributed by atoms with Crippen LogP contribution in [-0.4, -0.2) is 24.4 Å². The number of carboxylic acid groups (broad SMARTS) is 1. The Morgan fingerprint density at radius 3 is 1.88 bits per heavy atom. The number of allylic oxidation sites excluding steroid dienone is 4.